The highest BCUT2D eigenvalue weighted by Gasteiger charge is 2.26. The van der Waals surface area contributed by atoms with Crippen LogP contribution >= 0.6 is 0 Å². The second kappa shape index (κ2) is 9.23. The first-order valence-electron chi connectivity index (χ1n) is 9.50. The molecule has 0 radical (unpaired) electrons. The molecular formula is C20H32FN5O2. The molecule has 1 aliphatic rings. The Balaban J connectivity index is 1.88. The first-order valence-corrected chi connectivity index (χ1v) is 9.50. The number of nitrogens with zero attached hydrogens (tertiary/aromatic N) is 4. The summed E-state index contributed by atoms with van der Waals surface area (Å²) in [4.78, 5) is 22.0. The number of hydrogen-bond donors (Lipinski definition) is 1. The maximum atomic E-state index is 14.2. The van der Waals surface area contributed by atoms with Crippen LogP contribution < -0.4 is 5.73 Å². The van der Waals surface area contributed by atoms with E-state index >= 15 is 0 Å². The van der Waals surface area contributed by atoms with E-state index in [9.17, 15) is 9.18 Å². The number of benzene rings is 1. The Hall–Kier alpha value is -2.35. The number of carbonyl (C=O) groups excluding carboxylic acids is 1. The number of ether oxygens (including phenoxy) is 1. The van der Waals surface area contributed by atoms with E-state index in [1.54, 1.807) is 11.0 Å². The second-order valence-corrected chi connectivity index (χ2v) is 8.29. The Morgan fingerprint density at radius 1 is 1.21 bits per heavy atom. The Labute approximate surface area is 166 Å². The van der Waals surface area contributed by atoms with Crippen LogP contribution in [0.1, 0.15) is 31.9 Å². The number of halogens is 1. The third-order valence-corrected chi connectivity index (χ3v) is 4.28. The number of guanidine groups is 1. The van der Waals surface area contributed by atoms with Crippen LogP contribution in [0.4, 0.5) is 9.18 Å². The molecule has 7 nitrogen and oxygen atoms in total. The SMILES string of the molecule is CN(C)Cc1ccc(CN=C(N)N2CCN(C(=O)OC(C)(C)C)CC2)cc1F. The van der Waals surface area contributed by atoms with Crippen molar-refractivity contribution in [2.75, 3.05) is 40.3 Å². The molecule has 0 atom stereocenters. The Bertz CT molecular complexity index is 707. The maximum Gasteiger partial charge on any atom is 0.410 e. The van der Waals surface area contributed by atoms with E-state index < -0.39 is 5.60 Å². The molecule has 0 spiro atoms. The van der Waals surface area contributed by atoms with Gasteiger partial charge in [0.05, 0.1) is 6.54 Å². The first kappa shape index (κ1) is 21.9. The standard InChI is InChI=1S/C20H32FN5O2/c1-20(2,3)28-19(27)26-10-8-25(9-11-26)18(22)23-13-15-6-7-16(14-24(4)5)17(21)12-15/h6-7,12H,8-11,13-14H2,1-5H3,(H2,22,23). The van der Waals surface area contributed by atoms with Crippen LogP contribution in [0, 0.1) is 5.82 Å². The van der Waals surface area contributed by atoms with Crippen molar-refractivity contribution >= 4 is 12.1 Å². The molecule has 0 unspecified atom stereocenters. The van der Waals surface area contributed by atoms with Crippen LogP contribution in [0.25, 0.3) is 0 Å². The molecule has 1 aromatic carbocycles. The monoisotopic (exact) mass is 393 g/mol. The minimum atomic E-state index is -0.508. The van der Waals surface area contributed by atoms with Crippen molar-refractivity contribution in [2.45, 2.75) is 39.5 Å². The second-order valence-electron chi connectivity index (χ2n) is 8.29. The summed E-state index contributed by atoms with van der Waals surface area (Å²) in [5, 5.41) is 0. The summed E-state index contributed by atoms with van der Waals surface area (Å²) in [6.45, 7) is 8.65. The Morgan fingerprint density at radius 3 is 2.36 bits per heavy atom. The lowest BCUT2D eigenvalue weighted by Crippen LogP contribution is -2.53. The van der Waals surface area contributed by atoms with Crippen molar-refractivity contribution in [3.8, 4) is 0 Å². The zero-order chi connectivity index (χ0) is 20.9. The molecule has 28 heavy (non-hydrogen) atoms. The quantitative estimate of drug-likeness (QED) is 0.627. The fourth-order valence-electron chi connectivity index (χ4n) is 2.87. The molecule has 1 aliphatic heterocycles. The third-order valence-electron chi connectivity index (χ3n) is 4.28. The molecule has 1 heterocycles. The molecule has 0 bridgehead atoms. The van der Waals surface area contributed by atoms with Crippen molar-refractivity contribution in [2.24, 2.45) is 10.7 Å². The van der Waals surface area contributed by atoms with Gasteiger partial charge in [0.25, 0.3) is 0 Å². The van der Waals surface area contributed by atoms with Gasteiger partial charge in [-0.1, -0.05) is 12.1 Å². The van der Waals surface area contributed by atoms with E-state index in [1.807, 2.05) is 50.7 Å². The molecule has 2 N–H and O–H groups in total. The van der Waals surface area contributed by atoms with Crippen molar-refractivity contribution in [3.63, 3.8) is 0 Å². The lowest BCUT2D eigenvalue weighted by molar-refractivity contribution is 0.0186. The number of hydrogen-bond acceptors (Lipinski definition) is 4. The first-order chi connectivity index (χ1) is 13.0. The lowest BCUT2D eigenvalue weighted by Gasteiger charge is -2.36. The van der Waals surface area contributed by atoms with Crippen LogP contribution in [-0.2, 0) is 17.8 Å². The molecule has 8 heteroatoms. The van der Waals surface area contributed by atoms with Gasteiger partial charge >= 0.3 is 6.09 Å². The fourth-order valence-corrected chi connectivity index (χ4v) is 2.87. The zero-order valence-corrected chi connectivity index (χ0v) is 17.5. The third kappa shape index (κ3) is 6.67. The number of aliphatic imine (C=N–C) groups is 1. The van der Waals surface area contributed by atoms with Gasteiger partial charge in [0.1, 0.15) is 11.4 Å². The molecule has 1 aromatic rings. The minimum absolute atomic E-state index is 0.231. The molecular weight excluding hydrogens is 361 g/mol. The van der Waals surface area contributed by atoms with Gasteiger partial charge in [-0.05, 0) is 46.5 Å². The highest BCUT2D eigenvalue weighted by atomic mass is 19.1. The summed E-state index contributed by atoms with van der Waals surface area (Å²) in [6.07, 6.45) is -0.309. The molecule has 2 rings (SSSR count). The highest BCUT2D eigenvalue weighted by Crippen LogP contribution is 2.14. The number of rotatable bonds is 4. The van der Waals surface area contributed by atoms with Crippen LogP contribution in [0.15, 0.2) is 23.2 Å². The van der Waals surface area contributed by atoms with E-state index in [2.05, 4.69) is 4.99 Å². The van der Waals surface area contributed by atoms with Gasteiger partial charge in [-0.15, -0.1) is 0 Å². The van der Waals surface area contributed by atoms with E-state index in [-0.39, 0.29) is 11.9 Å². The predicted molar refractivity (Wildman–Crippen MR) is 108 cm³/mol. The van der Waals surface area contributed by atoms with Crippen LogP contribution in [0.5, 0.6) is 0 Å². The zero-order valence-electron chi connectivity index (χ0n) is 17.5. The summed E-state index contributed by atoms with van der Waals surface area (Å²) in [7, 11) is 3.81. The highest BCUT2D eigenvalue weighted by molar-refractivity contribution is 5.78. The van der Waals surface area contributed by atoms with Gasteiger partial charge in [0.2, 0.25) is 0 Å². The lowest BCUT2D eigenvalue weighted by atomic mass is 10.1. The Kier molecular flexibility index (Phi) is 7.23. The van der Waals surface area contributed by atoms with Crippen LogP contribution in [-0.4, -0.2) is 72.6 Å². The largest absolute Gasteiger partial charge is 0.444 e. The van der Waals surface area contributed by atoms with Gasteiger partial charge in [0, 0.05) is 38.3 Å². The van der Waals surface area contributed by atoms with Crippen molar-refractivity contribution in [1.29, 1.82) is 0 Å². The minimum Gasteiger partial charge on any atom is -0.444 e. The number of carbonyl (C=O) groups is 1. The van der Waals surface area contributed by atoms with Crippen molar-refractivity contribution < 1.29 is 13.9 Å². The molecule has 1 amide bonds. The van der Waals surface area contributed by atoms with Gasteiger partial charge in [-0.25, -0.2) is 14.2 Å². The van der Waals surface area contributed by atoms with Gasteiger partial charge in [-0.2, -0.15) is 0 Å². The molecule has 1 fully saturated rings. The normalized spacial score (nSPS) is 15.9. The smallest absolute Gasteiger partial charge is 0.410 e. The topological polar surface area (TPSA) is 74.4 Å². The van der Waals surface area contributed by atoms with Gasteiger partial charge < -0.3 is 25.2 Å². The molecule has 0 saturated carbocycles. The Morgan fingerprint density at radius 2 is 1.82 bits per heavy atom. The molecule has 0 aromatic heterocycles. The van der Waals surface area contributed by atoms with Gasteiger partial charge in [0.15, 0.2) is 5.96 Å². The van der Waals surface area contributed by atoms with Crippen molar-refractivity contribution in [3.05, 3.63) is 35.1 Å². The fraction of sp³-hybridized carbons (Fsp3) is 0.600. The summed E-state index contributed by atoms with van der Waals surface area (Å²) in [5.41, 5.74) is 7.02. The summed E-state index contributed by atoms with van der Waals surface area (Å²) < 4.78 is 19.6. The summed E-state index contributed by atoms with van der Waals surface area (Å²) >= 11 is 0. The molecule has 0 aliphatic carbocycles. The van der Waals surface area contributed by atoms with Crippen LogP contribution in [0.2, 0.25) is 0 Å². The summed E-state index contributed by atoms with van der Waals surface area (Å²) in [5.74, 6) is 0.174. The number of nitrogens with two attached hydrogens (primary N) is 1. The predicted octanol–water partition coefficient (Wildman–Crippen LogP) is 2.25. The van der Waals surface area contributed by atoms with E-state index in [0.29, 0.717) is 50.8 Å². The van der Waals surface area contributed by atoms with Gasteiger partial charge in [-0.3, -0.25) is 0 Å². The van der Waals surface area contributed by atoms with E-state index in [1.165, 1.54) is 6.07 Å². The molecule has 156 valence electrons. The molecule has 1 saturated heterocycles. The van der Waals surface area contributed by atoms with E-state index in [0.717, 1.165) is 5.56 Å². The summed E-state index contributed by atoms with van der Waals surface area (Å²) in [6, 6.07) is 5.17. The number of amides is 1. The van der Waals surface area contributed by atoms with Crippen molar-refractivity contribution in [1.82, 2.24) is 14.7 Å². The average Bonchev–Trinajstić information content (AvgIpc) is 2.60. The number of piperazine rings is 1. The average molecular weight is 394 g/mol. The van der Waals surface area contributed by atoms with Crippen LogP contribution in [0.3, 0.4) is 0 Å². The maximum absolute atomic E-state index is 14.2. The van der Waals surface area contributed by atoms with E-state index in [4.69, 9.17) is 10.5 Å².